The molecular weight excluding hydrogens is 571 g/mol. The maximum absolute atomic E-state index is 13.2. The van der Waals surface area contributed by atoms with Gasteiger partial charge in [0, 0.05) is 25.4 Å². The molecule has 0 unspecified atom stereocenters. The van der Waals surface area contributed by atoms with E-state index in [0.717, 1.165) is 28.8 Å². The molecule has 0 aliphatic heterocycles. The lowest BCUT2D eigenvalue weighted by molar-refractivity contribution is -0.137. The summed E-state index contributed by atoms with van der Waals surface area (Å²) in [6.07, 6.45) is -2.87. The molecule has 10 heteroatoms. The Morgan fingerprint density at radius 3 is 1.98 bits per heavy atom. The standard InChI is InChI=1S/C34H26F3N3O4/c1-40-20-27(39-31(41)29-5-3-2-4-28(29)24-14-16-26(17-15-24)34(35,36)37)18-30(40)32(42)38-19-21-6-8-22(9-7-21)23-10-12-25(13-11-23)33(43)44/h2-18,20H,19H2,1H3,(H,38,42)(H,39,41)(H,43,44). The van der Waals surface area contributed by atoms with Crippen LogP contribution in [-0.4, -0.2) is 27.5 Å². The summed E-state index contributed by atoms with van der Waals surface area (Å²) in [4.78, 5) is 37.2. The summed E-state index contributed by atoms with van der Waals surface area (Å²) in [6, 6.07) is 26.8. The van der Waals surface area contributed by atoms with Gasteiger partial charge in [-0.25, -0.2) is 4.79 Å². The van der Waals surface area contributed by atoms with Gasteiger partial charge in [0.15, 0.2) is 0 Å². The number of amides is 2. The summed E-state index contributed by atoms with van der Waals surface area (Å²) in [5, 5.41) is 14.7. The molecule has 0 saturated heterocycles. The highest BCUT2D eigenvalue weighted by atomic mass is 19.4. The number of nitrogens with zero attached hydrogens (tertiary/aromatic N) is 1. The van der Waals surface area contributed by atoms with Crippen molar-refractivity contribution in [3.05, 3.63) is 137 Å². The van der Waals surface area contributed by atoms with Gasteiger partial charge in [-0.15, -0.1) is 0 Å². The topological polar surface area (TPSA) is 100 Å². The third-order valence-corrected chi connectivity index (χ3v) is 7.06. The van der Waals surface area contributed by atoms with Crippen molar-refractivity contribution in [3.8, 4) is 22.3 Å². The molecule has 0 spiro atoms. The molecule has 3 N–H and O–H groups in total. The largest absolute Gasteiger partial charge is 0.478 e. The Hall–Kier alpha value is -5.64. The minimum Gasteiger partial charge on any atom is -0.478 e. The number of carboxylic acid groups (broad SMARTS) is 1. The summed E-state index contributed by atoms with van der Waals surface area (Å²) < 4.78 is 40.6. The van der Waals surface area contributed by atoms with Crippen LogP contribution in [0, 0.1) is 0 Å². The lowest BCUT2D eigenvalue weighted by Crippen LogP contribution is -2.24. The van der Waals surface area contributed by atoms with Crippen molar-refractivity contribution in [1.29, 1.82) is 0 Å². The van der Waals surface area contributed by atoms with Crippen molar-refractivity contribution in [2.24, 2.45) is 7.05 Å². The molecule has 0 radical (unpaired) electrons. The fraction of sp³-hybridized carbons (Fsp3) is 0.0882. The van der Waals surface area contributed by atoms with Crippen molar-refractivity contribution in [2.75, 3.05) is 5.32 Å². The average Bonchev–Trinajstić information content (AvgIpc) is 3.39. The van der Waals surface area contributed by atoms with E-state index < -0.39 is 23.6 Å². The Morgan fingerprint density at radius 2 is 1.36 bits per heavy atom. The van der Waals surface area contributed by atoms with Gasteiger partial charge in [-0.1, -0.05) is 66.7 Å². The molecule has 0 fully saturated rings. The van der Waals surface area contributed by atoms with E-state index in [2.05, 4.69) is 10.6 Å². The number of carboxylic acids is 1. The van der Waals surface area contributed by atoms with Crippen LogP contribution in [0.5, 0.6) is 0 Å². The van der Waals surface area contributed by atoms with E-state index in [1.165, 1.54) is 18.2 Å². The Bertz CT molecular complexity index is 1830. The minimum atomic E-state index is -4.46. The predicted octanol–water partition coefficient (Wildman–Crippen LogP) is 7.26. The van der Waals surface area contributed by atoms with Gasteiger partial charge < -0.3 is 20.3 Å². The van der Waals surface area contributed by atoms with Gasteiger partial charge in [-0.05, 0) is 64.2 Å². The lowest BCUT2D eigenvalue weighted by atomic mass is 9.98. The highest BCUT2D eigenvalue weighted by molar-refractivity contribution is 6.09. The third kappa shape index (κ3) is 6.70. The Kier molecular flexibility index (Phi) is 8.34. The van der Waals surface area contributed by atoms with Crippen LogP contribution in [0.25, 0.3) is 22.3 Å². The van der Waals surface area contributed by atoms with Crippen LogP contribution in [0.4, 0.5) is 18.9 Å². The first-order chi connectivity index (χ1) is 21.0. The normalized spacial score (nSPS) is 11.2. The molecule has 0 saturated carbocycles. The van der Waals surface area contributed by atoms with E-state index in [1.54, 1.807) is 66.3 Å². The molecule has 44 heavy (non-hydrogen) atoms. The zero-order valence-electron chi connectivity index (χ0n) is 23.4. The molecule has 0 aliphatic rings. The van der Waals surface area contributed by atoms with Gasteiger partial charge in [-0.3, -0.25) is 9.59 Å². The zero-order chi connectivity index (χ0) is 31.4. The quantitative estimate of drug-likeness (QED) is 0.175. The van der Waals surface area contributed by atoms with Crippen molar-refractivity contribution < 1.29 is 32.7 Å². The number of aromatic nitrogens is 1. The summed E-state index contributed by atoms with van der Waals surface area (Å²) in [6.45, 7) is 0.254. The van der Waals surface area contributed by atoms with Gasteiger partial charge in [0.2, 0.25) is 0 Å². The van der Waals surface area contributed by atoms with Crippen LogP contribution >= 0.6 is 0 Å². The van der Waals surface area contributed by atoms with E-state index in [-0.39, 0.29) is 23.6 Å². The van der Waals surface area contributed by atoms with E-state index >= 15 is 0 Å². The average molecular weight is 598 g/mol. The molecule has 0 bridgehead atoms. The van der Waals surface area contributed by atoms with E-state index in [4.69, 9.17) is 5.11 Å². The number of hydrogen-bond acceptors (Lipinski definition) is 3. The van der Waals surface area contributed by atoms with E-state index in [9.17, 15) is 27.6 Å². The number of aromatic carboxylic acids is 1. The number of nitrogens with one attached hydrogen (secondary N) is 2. The summed E-state index contributed by atoms with van der Waals surface area (Å²) in [5.41, 5.74) is 3.94. The first-order valence-electron chi connectivity index (χ1n) is 13.4. The molecule has 0 atom stereocenters. The van der Waals surface area contributed by atoms with Gasteiger partial charge >= 0.3 is 12.1 Å². The summed E-state index contributed by atoms with van der Waals surface area (Å²) >= 11 is 0. The van der Waals surface area contributed by atoms with Gasteiger partial charge in [0.05, 0.1) is 16.8 Å². The first-order valence-corrected chi connectivity index (χ1v) is 13.4. The third-order valence-electron chi connectivity index (χ3n) is 7.06. The molecular formula is C34H26F3N3O4. The molecule has 222 valence electrons. The van der Waals surface area contributed by atoms with Crippen LogP contribution in [0.3, 0.4) is 0 Å². The highest BCUT2D eigenvalue weighted by Gasteiger charge is 2.30. The Labute approximate surface area is 250 Å². The number of anilines is 1. The van der Waals surface area contributed by atoms with E-state index in [0.29, 0.717) is 22.5 Å². The van der Waals surface area contributed by atoms with Crippen LogP contribution < -0.4 is 10.6 Å². The molecule has 5 rings (SSSR count). The number of carbonyl (C=O) groups is 3. The number of aryl methyl sites for hydroxylation is 1. The number of halogens is 3. The second-order valence-corrected chi connectivity index (χ2v) is 10.1. The van der Waals surface area contributed by atoms with Crippen molar-refractivity contribution in [1.82, 2.24) is 9.88 Å². The number of carbonyl (C=O) groups excluding carboxylic acids is 2. The molecule has 4 aromatic carbocycles. The number of rotatable bonds is 8. The number of hydrogen-bond donors (Lipinski definition) is 3. The summed E-state index contributed by atoms with van der Waals surface area (Å²) in [7, 11) is 1.67. The summed E-state index contributed by atoms with van der Waals surface area (Å²) in [5.74, 6) is -1.82. The monoisotopic (exact) mass is 597 g/mol. The van der Waals surface area contributed by atoms with Gasteiger partial charge in [0.1, 0.15) is 5.69 Å². The van der Waals surface area contributed by atoms with Crippen molar-refractivity contribution in [3.63, 3.8) is 0 Å². The zero-order valence-corrected chi connectivity index (χ0v) is 23.4. The van der Waals surface area contributed by atoms with Crippen LogP contribution in [0.15, 0.2) is 109 Å². The SMILES string of the molecule is Cn1cc(NC(=O)c2ccccc2-c2ccc(C(F)(F)F)cc2)cc1C(=O)NCc1ccc(-c2ccc(C(=O)O)cc2)cc1. The second kappa shape index (κ2) is 12.3. The van der Waals surface area contributed by atoms with Crippen LogP contribution in [0.1, 0.15) is 42.3 Å². The van der Waals surface area contributed by atoms with Gasteiger partial charge in [-0.2, -0.15) is 13.2 Å². The second-order valence-electron chi connectivity index (χ2n) is 10.1. The molecule has 5 aromatic rings. The maximum atomic E-state index is 13.2. The van der Waals surface area contributed by atoms with Crippen LogP contribution in [0.2, 0.25) is 0 Å². The lowest BCUT2D eigenvalue weighted by Gasteiger charge is -2.11. The van der Waals surface area contributed by atoms with Crippen molar-refractivity contribution >= 4 is 23.5 Å². The minimum absolute atomic E-state index is 0.208. The molecule has 2 amide bonds. The smallest absolute Gasteiger partial charge is 0.416 e. The number of alkyl halides is 3. The predicted molar refractivity (Wildman–Crippen MR) is 160 cm³/mol. The molecule has 7 nitrogen and oxygen atoms in total. The van der Waals surface area contributed by atoms with E-state index in [1.807, 2.05) is 24.3 Å². The van der Waals surface area contributed by atoms with Gasteiger partial charge in [0.25, 0.3) is 11.8 Å². The molecule has 1 aromatic heterocycles. The maximum Gasteiger partial charge on any atom is 0.416 e. The Balaban J connectivity index is 1.23. The Morgan fingerprint density at radius 1 is 0.773 bits per heavy atom. The van der Waals surface area contributed by atoms with Crippen LogP contribution in [-0.2, 0) is 19.8 Å². The number of benzene rings is 4. The van der Waals surface area contributed by atoms with Crippen molar-refractivity contribution in [2.45, 2.75) is 12.7 Å². The fourth-order valence-electron chi connectivity index (χ4n) is 4.72. The fourth-order valence-corrected chi connectivity index (χ4v) is 4.72. The highest BCUT2D eigenvalue weighted by Crippen LogP contribution is 2.32. The molecule has 0 aliphatic carbocycles. The molecule has 1 heterocycles. The first kappa shape index (κ1) is 29.8.